The third-order valence-corrected chi connectivity index (χ3v) is 5.48. The average Bonchev–Trinajstić information content (AvgIpc) is 2.94. The van der Waals surface area contributed by atoms with Gasteiger partial charge in [0.15, 0.2) is 0 Å². The second kappa shape index (κ2) is 6.68. The normalized spacial score (nSPS) is 16.5. The predicted octanol–water partition coefficient (Wildman–Crippen LogP) is 3.44. The zero-order valence-electron chi connectivity index (χ0n) is 13.7. The van der Waals surface area contributed by atoms with Crippen LogP contribution in [0, 0.1) is 17.0 Å². The molecule has 0 saturated carbocycles. The van der Waals surface area contributed by atoms with E-state index in [4.69, 9.17) is 0 Å². The van der Waals surface area contributed by atoms with Gasteiger partial charge in [0.2, 0.25) is 5.91 Å². The first-order valence-corrected chi connectivity index (χ1v) is 8.72. The lowest BCUT2D eigenvalue weighted by Gasteiger charge is -2.30. The Hall–Kier alpha value is -2.28. The van der Waals surface area contributed by atoms with Gasteiger partial charge >= 0.3 is 0 Å². The quantitative estimate of drug-likeness (QED) is 0.628. The zero-order chi connectivity index (χ0) is 17.3. The molecule has 1 aliphatic rings. The highest BCUT2D eigenvalue weighted by molar-refractivity contribution is 7.11. The summed E-state index contributed by atoms with van der Waals surface area (Å²) in [4.78, 5) is 30.6. The fourth-order valence-electron chi connectivity index (χ4n) is 3.14. The molecule has 0 radical (unpaired) electrons. The third-order valence-electron chi connectivity index (χ3n) is 4.37. The number of hydrogen-bond acceptors (Lipinski definition) is 5. The van der Waals surface area contributed by atoms with Gasteiger partial charge in [-0.1, -0.05) is 12.1 Å². The number of carbonyl (C=O) groups is 1. The molecule has 126 valence electrons. The van der Waals surface area contributed by atoms with Crippen LogP contribution in [0.4, 0.5) is 5.69 Å². The first-order chi connectivity index (χ1) is 11.5. The van der Waals surface area contributed by atoms with E-state index in [9.17, 15) is 14.9 Å². The fraction of sp³-hybridized carbons (Fsp3) is 0.412. The topological polar surface area (TPSA) is 76.3 Å². The largest absolute Gasteiger partial charge is 0.338 e. The van der Waals surface area contributed by atoms with Crippen LogP contribution < -0.4 is 0 Å². The monoisotopic (exact) mass is 345 g/mol. The standard InChI is InChI=1S/C17H19N3O3S/c1-11-18-14-7-4-8-15(17(14)24-11)19(2)16(21)10-12-5-3-6-13(9-12)20(22)23/h3,5-6,9,15H,4,7-8,10H2,1-2H3/t15-/m1/s1. The van der Waals surface area contributed by atoms with Crippen LogP contribution in [0.5, 0.6) is 0 Å². The molecule has 1 atom stereocenters. The summed E-state index contributed by atoms with van der Waals surface area (Å²) in [5.41, 5.74) is 1.79. The molecule has 1 aromatic heterocycles. The van der Waals surface area contributed by atoms with Crippen LogP contribution in [0.1, 0.15) is 40.0 Å². The number of non-ortho nitro benzene ring substituents is 1. The summed E-state index contributed by atoms with van der Waals surface area (Å²) in [6.07, 6.45) is 3.10. The maximum atomic E-state index is 12.6. The summed E-state index contributed by atoms with van der Waals surface area (Å²) < 4.78 is 0. The average molecular weight is 345 g/mol. The molecule has 3 rings (SSSR count). The molecular formula is C17H19N3O3S. The lowest BCUT2D eigenvalue weighted by atomic mass is 9.96. The van der Waals surface area contributed by atoms with E-state index in [2.05, 4.69) is 4.98 Å². The second-order valence-corrected chi connectivity index (χ2v) is 7.30. The predicted molar refractivity (Wildman–Crippen MR) is 92.1 cm³/mol. The molecular weight excluding hydrogens is 326 g/mol. The molecule has 24 heavy (non-hydrogen) atoms. The molecule has 2 aromatic rings. The van der Waals surface area contributed by atoms with Gasteiger partial charge in [-0.3, -0.25) is 14.9 Å². The van der Waals surface area contributed by atoms with Crippen molar-refractivity contribution in [3.8, 4) is 0 Å². The van der Waals surface area contributed by atoms with Crippen LogP contribution in [0.3, 0.4) is 0 Å². The zero-order valence-corrected chi connectivity index (χ0v) is 14.5. The number of aromatic nitrogens is 1. The van der Waals surface area contributed by atoms with Crippen LogP contribution >= 0.6 is 11.3 Å². The van der Waals surface area contributed by atoms with Gasteiger partial charge < -0.3 is 4.90 Å². The van der Waals surface area contributed by atoms with Crippen molar-refractivity contribution in [3.63, 3.8) is 0 Å². The van der Waals surface area contributed by atoms with Crippen LogP contribution in [-0.2, 0) is 17.6 Å². The van der Waals surface area contributed by atoms with E-state index in [0.29, 0.717) is 5.56 Å². The Morgan fingerprint density at radius 2 is 2.29 bits per heavy atom. The first kappa shape index (κ1) is 16.6. The van der Waals surface area contributed by atoms with Crippen LogP contribution in [0.15, 0.2) is 24.3 Å². The Balaban J connectivity index is 1.76. The van der Waals surface area contributed by atoms with E-state index in [1.165, 1.54) is 17.0 Å². The van der Waals surface area contributed by atoms with E-state index in [1.54, 1.807) is 28.4 Å². The number of thiazole rings is 1. The second-order valence-electron chi connectivity index (χ2n) is 6.06. The van der Waals surface area contributed by atoms with Crippen molar-refractivity contribution in [2.75, 3.05) is 7.05 Å². The van der Waals surface area contributed by atoms with Gasteiger partial charge in [0.25, 0.3) is 5.69 Å². The molecule has 1 aromatic carbocycles. The summed E-state index contributed by atoms with van der Waals surface area (Å²) in [5.74, 6) is -0.0283. The number of rotatable bonds is 4. The van der Waals surface area contributed by atoms with Crippen LogP contribution in [0.25, 0.3) is 0 Å². The van der Waals surface area contributed by atoms with Crippen molar-refractivity contribution in [2.24, 2.45) is 0 Å². The highest BCUT2D eigenvalue weighted by Crippen LogP contribution is 2.37. The molecule has 0 aliphatic heterocycles. The van der Waals surface area contributed by atoms with E-state index in [-0.39, 0.29) is 24.1 Å². The van der Waals surface area contributed by atoms with Gasteiger partial charge in [-0.15, -0.1) is 11.3 Å². The minimum absolute atomic E-state index is 0.0148. The molecule has 0 spiro atoms. The number of hydrogen-bond donors (Lipinski definition) is 0. The van der Waals surface area contributed by atoms with Gasteiger partial charge in [-0.05, 0) is 31.7 Å². The fourth-order valence-corrected chi connectivity index (χ4v) is 4.29. The summed E-state index contributed by atoms with van der Waals surface area (Å²) in [5, 5.41) is 11.9. The van der Waals surface area contributed by atoms with Gasteiger partial charge in [-0.25, -0.2) is 4.98 Å². The molecule has 1 aliphatic carbocycles. The molecule has 0 saturated heterocycles. The molecule has 0 N–H and O–H groups in total. The number of nitro benzene ring substituents is 1. The summed E-state index contributed by atoms with van der Waals surface area (Å²) in [6, 6.07) is 6.33. The summed E-state index contributed by atoms with van der Waals surface area (Å²) in [6.45, 7) is 1.99. The molecule has 1 heterocycles. The van der Waals surface area contributed by atoms with Crippen LogP contribution in [-0.4, -0.2) is 27.8 Å². The summed E-state index contributed by atoms with van der Waals surface area (Å²) >= 11 is 1.66. The Morgan fingerprint density at radius 3 is 3.04 bits per heavy atom. The van der Waals surface area contributed by atoms with Crippen LogP contribution in [0.2, 0.25) is 0 Å². The Bertz CT molecular complexity index is 787. The third kappa shape index (κ3) is 3.31. The van der Waals surface area contributed by atoms with Gasteiger partial charge in [0.05, 0.1) is 33.0 Å². The van der Waals surface area contributed by atoms with Crippen molar-refractivity contribution in [1.29, 1.82) is 0 Å². The van der Waals surface area contributed by atoms with Crippen molar-refractivity contribution in [3.05, 3.63) is 55.5 Å². The number of likely N-dealkylation sites (N-methyl/N-ethyl adjacent to an activating group) is 1. The number of carbonyl (C=O) groups excluding carboxylic acids is 1. The van der Waals surface area contributed by atoms with E-state index in [0.717, 1.165) is 30.0 Å². The van der Waals surface area contributed by atoms with E-state index < -0.39 is 4.92 Å². The minimum Gasteiger partial charge on any atom is -0.338 e. The highest BCUT2D eigenvalue weighted by Gasteiger charge is 2.29. The SMILES string of the molecule is Cc1nc2c(s1)[C@H](N(C)C(=O)Cc1cccc([N+](=O)[O-])c1)CCC2. The Morgan fingerprint density at radius 1 is 1.50 bits per heavy atom. The maximum Gasteiger partial charge on any atom is 0.269 e. The van der Waals surface area contributed by atoms with Crippen molar-refractivity contribution in [1.82, 2.24) is 9.88 Å². The van der Waals surface area contributed by atoms with E-state index in [1.807, 2.05) is 14.0 Å². The minimum atomic E-state index is -0.439. The molecule has 1 amide bonds. The molecule has 0 bridgehead atoms. The Labute approximate surface area is 144 Å². The van der Waals surface area contributed by atoms with Crippen molar-refractivity contribution in [2.45, 2.75) is 38.6 Å². The lowest BCUT2D eigenvalue weighted by molar-refractivity contribution is -0.384. The molecule has 6 nitrogen and oxygen atoms in total. The number of aryl methyl sites for hydroxylation is 2. The smallest absolute Gasteiger partial charge is 0.269 e. The number of amides is 1. The lowest BCUT2D eigenvalue weighted by Crippen LogP contribution is -2.33. The summed E-state index contributed by atoms with van der Waals surface area (Å²) in [7, 11) is 1.81. The maximum absolute atomic E-state index is 12.6. The molecule has 0 unspecified atom stereocenters. The van der Waals surface area contributed by atoms with Crippen molar-refractivity contribution >= 4 is 22.9 Å². The first-order valence-electron chi connectivity index (χ1n) is 7.91. The van der Waals surface area contributed by atoms with E-state index >= 15 is 0 Å². The van der Waals surface area contributed by atoms with Gasteiger partial charge in [-0.2, -0.15) is 0 Å². The Kier molecular flexibility index (Phi) is 4.62. The van der Waals surface area contributed by atoms with Gasteiger partial charge in [0.1, 0.15) is 0 Å². The van der Waals surface area contributed by atoms with Crippen molar-refractivity contribution < 1.29 is 9.72 Å². The number of fused-ring (bicyclic) bond motifs is 1. The number of nitrogens with zero attached hydrogens (tertiary/aromatic N) is 3. The molecule has 0 fully saturated rings. The van der Waals surface area contributed by atoms with Gasteiger partial charge in [0, 0.05) is 19.2 Å². The number of nitro groups is 1. The molecule has 7 heteroatoms. The number of benzene rings is 1. The highest BCUT2D eigenvalue weighted by atomic mass is 32.1.